The SMILES string of the molecule is CSCC[C@H](NC(=O)[C@@H](NC(=O)[C@H](CCC(=O)O)NC(=O)[C@@H](NC(=O)[C@H](CC(=O)O)NC(=O)CNC(=O)[C@H](CCCCN)NC(=O)[C@H](CC(N)=O)NC(=O)[C@H](CCSC)NC(=O)[C@@H]1CCCN1C(=O)[C@H](CO)NC(=O)[C@@H](N)CC(N)=O)[C@@H](C)O)C(C)C)C(=O)N[C@@H](CCCCN)C(=O)O. The van der Waals surface area contributed by atoms with Crippen molar-refractivity contribution in [3.63, 3.8) is 0 Å². The molecule has 1 heterocycles. The van der Waals surface area contributed by atoms with Crippen LogP contribution < -0.4 is 87.2 Å². The Balaban J connectivity index is 3.38. The number of amides is 14. The van der Waals surface area contributed by atoms with Crippen LogP contribution in [0.4, 0.5) is 0 Å². The number of likely N-dealkylation sites (tertiary alicyclic amines) is 1. The highest BCUT2D eigenvalue weighted by molar-refractivity contribution is 7.98. The number of carboxylic acids is 3. The molecule has 0 aliphatic carbocycles. The van der Waals surface area contributed by atoms with Crippen LogP contribution in [0.1, 0.15) is 117 Å². The van der Waals surface area contributed by atoms with E-state index >= 15 is 0 Å². The van der Waals surface area contributed by atoms with Crippen molar-refractivity contribution < 1.29 is 107 Å². The van der Waals surface area contributed by atoms with Crippen LogP contribution in [0.2, 0.25) is 0 Å². The molecule has 1 rings (SSSR count). The number of carbonyl (C=O) groups is 17. The third-order valence-corrected chi connectivity index (χ3v) is 16.4. The van der Waals surface area contributed by atoms with Crippen LogP contribution in [0.25, 0.3) is 0 Å². The van der Waals surface area contributed by atoms with Crippen LogP contribution in [-0.2, 0) is 81.5 Å². The lowest BCUT2D eigenvalue weighted by molar-refractivity contribution is -0.143. The van der Waals surface area contributed by atoms with Crippen molar-refractivity contribution in [3.05, 3.63) is 0 Å². The highest BCUT2D eigenvalue weighted by atomic mass is 32.2. The van der Waals surface area contributed by atoms with E-state index in [9.17, 15) is 107 Å². The number of nitrogens with two attached hydrogens (primary N) is 5. The topological polar surface area (TPSA) is 657 Å². The number of carbonyl (C=O) groups excluding carboxylic acids is 14. The van der Waals surface area contributed by atoms with E-state index in [2.05, 4.69) is 58.5 Å². The predicted octanol–water partition coefficient (Wildman–Crippen LogP) is -8.76. The van der Waals surface area contributed by atoms with Crippen molar-refractivity contribution in [1.29, 1.82) is 0 Å². The Morgan fingerprint density at radius 3 is 1.43 bits per heavy atom. The summed E-state index contributed by atoms with van der Waals surface area (Å²) in [5, 5.41) is 75.3. The maximum Gasteiger partial charge on any atom is 0.326 e. The number of thioether (sulfide) groups is 2. The molecule has 0 bridgehead atoms. The Kier molecular flexibility index (Phi) is 41.8. The Hall–Kier alpha value is -8.51. The zero-order chi connectivity index (χ0) is 75.2. The number of aliphatic carboxylic acids is 3. The van der Waals surface area contributed by atoms with Crippen molar-refractivity contribution in [1.82, 2.24) is 63.4 Å². The number of carboxylic acid groups (broad SMARTS) is 3. The van der Waals surface area contributed by atoms with Gasteiger partial charge in [-0.25, -0.2) is 4.79 Å². The molecule has 99 heavy (non-hydrogen) atoms. The Morgan fingerprint density at radius 1 is 0.495 bits per heavy atom. The van der Waals surface area contributed by atoms with Crippen LogP contribution in [0, 0.1) is 5.92 Å². The Labute approximate surface area is 579 Å². The number of primary amides is 2. The van der Waals surface area contributed by atoms with E-state index in [4.69, 9.17) is 28.7 Å². The first-order valence-corrected chi connectivity index (χ1v) is 34.6. The summed E-state index contributed by atoms with van der Waals surface area (Å²) < 4.78 is 0. The molecular weight excluding hydrogens is 1350 g/mol. The zero-order valence-electron chi connectivity index (χ0n) is 56.0. The van der Waals surface area contributed by atoms with Crippen LogP contribution in [0.3, 0.4) is 0 Å². The number of rotatable bonds is 50. The molecule has 0 unspecified atom stereocenters. The molecule has 0 aromatic carbocycles. The molecule has 1 aliphatic heterocycles. The average Bonchev–Trinajstić information content (AvgIpc) is 1.75. The molecule has 41 heteroatoms. The minimum Gasteiger partial charge on any atom is -0.481 e. The van der Waals surface area contributed by atoms with Crippen LogP contribution in [-0.4, -0.2) is 266 Å². The number of hydrogen-bond acceptors (Lipinski definition) is 24. The van der Waals surface area contributed by atoms with Gasteiger partial charge in [0.1, 0.15) is 66.5 Å². The first kappa shape index (κ1) is 88.5. The number of nitrogens with one attached hydrogen (secondary N) is 11. The van der Waals surface area contributed by atoms with Gasteiger partial charge in [-0.3, -0.25) is 76.7 Å². The van der Waals surface area contributed by atoms with Crippen molar-refractivity contribution in [2.24, 2.45) is 34.6 Å². The minimum absolute atomic E-state index is 0.0173. The van der Waals surface area contributed by atoms with Crippen molar-refractivity contribution >= 4 is 124 Å². The van der Waals surface area contributed by atoms with E-state index in [1.165, 1.54) is 37.4 Å². The quantitative estimate of drug-likeness (QED) is 0.0252. The fourth-order valence-corrected chi connectivity index (χ4v) is 10.7. The molecule has 0 aromatic rings. The lowest BCUT2D eigenvalue weighted by atomic mass is 10.0. The second kappa shape index (κ2) is 46.7. The molecule has 1 saturated heterocycles. The lowest BCUT2D eigenvalue weighted by Crippen LogP contribution is -2.62. The molecule has 0 saturated carbocycles. The third kappa shape index (κ3) is 33.3. The molecule has 14 amide bonds. The molecule has 0 radical (unpaired) electrons. The Morgan fingerprint density at radius 2 is 0.939 bits per heavy atom. The average molecular weight is 1450 g/mol. The van der Waals surface area contributed by atoms with Gasteiger partial charge in [-0.05, 0) is 121 Å². The standard InChI is InChI=1S/C58H99N17O22S2/c1-28(2)45(55(93)69-34(17-22-99-5)49(87)70-35(58(96)97)12-7-9-19-60)73-51(89)32(14-15-43(81)82)68-56(94)46(29(3)77)74-53(91)37(25-44(83)84)65-42(80)26-64-48(86)31(11-6-8-18-59)66-52(90)36(24-41(63)79)71-50(88)33(16-21-98-4)67-54(92)39-13-10-20-75(39)57(95)38(27-76)72-47(85)30(61)23-40(62)78/h28-39,45-46,76-77H,6-27,59-61H2,1-5H3,(H2,62,78)(H2,63,79)(H,64,86)(H,65,80)(H,66,90)(H,67,92)(H,68,94)(H,69,93)(H,70,87)(H,71,88)(H,72,85)(H,73,89)(H,74,91)(H,81,82)(H,83,84)(H,96,97)/t29-,30+,31+,32+,33+,34+,35+,36+,37+,38+,39+,45+,46+/m1/s1. The van der Waals surface area contributed by atoms with E-state index in [1.807, 2.05) is 0 Å². The van der Waals surface area contributed by atoms with E-state index in [0.29, 0.717) is 18.6 Å². The van der Waals surface area contributed by atoms with E-state index < -0.39 is 230 Å². The molecule has 0 aromatic heterocycles. The van der Waals surface area contributed by atoms with Gasteiger partial charge in [-0.2, -0.15) is 23.5 Å². The molecule has 1 fully saturated rings. The third-order valence-electron chi connectivity index (χ3n) is 15.1. The summed E-state index contributed by atoms with van der Waals surface area (Å²) in [5.74, 6) is -19.7. The van der Waals surface area contributed by atoms with Gasteiger partial charge in [0.05, 0.1) is 44.6 Å². The summed E-state index contributed by atoms with van der Waals surface area (Å²) >= 11 is 2.57. The molecule has 39 nitrogen and oxygen atoms in total. The second-order valence-electron chi connectivity index (χ2n) is 23.5. The number of nitrogens with zero attached hydrogens (tertiary/aromatic N) is 1. The zero-order valence-corrected chi connectivity index (χ0v) is 57.6. The summed E-state index contributed by atoms with van der Waals surface area (Å²) in [6.07, 6.45) is -1.12. The molecule has 26 N–H and O–H groups in total. The smallest absolute Gasteiger partial charge is 0.326 e. The predicted molar refractivity (Wildman–Crippen MR) is 355 cm³/mol. The molecule has 1 aliphatic rings. The molecule has 13 atom stereocenters. The normalized spacial score (nSPS) is 16.3. The van der Waals surface area contributed by atoms with Gasteiger partial charge in [-0.15, -0.1) is 0 Å². The van der Waals surface area contributed by atoms with Gasteiger partial charge in [0.25, 0.3) is 0 Å². The lowest BCUT2D eigenvalue weighted by Gasteiger charge is -2.30. The minimum atomic E-state index is -2.08. The summed E-state index contributed by atoms with van der Waals surface area (Å²) in [6.45, 7) is 2.39. The molecule has 560 valence electrons. The highest BCUT2D eigenvalue weighted by Gasteiger charge is 2.41. The number of hydrogen-bond donors (Lipinski definition) is 21. The number of aliphatic hydroxyl groups excluding tert-OH is 2. The molecular formula is C58H99N17O22S2. The first-order chi connectivity index (χ1) is 46.6. The van der Waals surface area contributed by atoms with Crippen molar-refractivity contribution in [3.8, 4) is 0 Å². The van der Waals surface area contributed by atoms with Crippen LogP contribution in [0.5, 0.6) is 0 Å². The highest BCUT2D eigenvalue weighted by Crippen LogP contribution is 2.20. The number of unbranched alkanes of at least 4 members (excludes halogenated alkanes) is 2. The van der Waals surface area contributed by atoms with Crippen LogP contribution in [0.15, 0.2) is 0 Å². The van der Waals surface area contributed by atoms with Gasteiger partial charge in [-0.1, -0.05) is 13.8 Å². The Bertz CT molecular complexity index is 2810. The summed E-state index contributed by atoms with van der Waals surface area (Å²) in [6, 6.07) is -19.2. The van der Waals surface area contributed by atoms with Gasteiger partial charge < -0.3 is 118 Å². The largest absolute Gasteiger partial charge is 0.481 e. The number of aliphatic hydroxyl groups is 2. The fourth-order valence-electron chi connectivity index (χ4n) is 9.72. The summed E-state index contributed by atoms with van der Waals surface area (Å²) in [4.78, 5) is 225. The maximum absolute atomic E-state index is 14.0. The van der Waals surface area contributed by atoms with E-state index in [-0.39, 0.29) is 76.8 Å². The first-order valence-electron chi connectivity index (χ1n) is 31.8. The van der Waals surface area contributed by atoms with Crippen molar-refractivity contribution in [2.45, 2.75) is 196 Å². The monoisotopic (exact) mass is 1450 g/mol. The van der Waals surface area contributed by atoms with Gasteiger partial charge >= 0.3 is 17.9 Å². The fraction of sp³-hybridized carbons (Fsp3) is 0.707. The van der Waals surface area contributed by atoms with Crippen LogP contribution >= 0.6 is 23.5 Å². The summed E-state index contributed by atoms with van der Waals surface area (Å²) in [5.41, 5.74) is 27.4. The van der Waals surface area contributed by atoms with E-state index in [1.54, 1.807) is 12.5 Å². The molecule has 0 spiro atoms. The summed E-state index contributed by atoms with van der Waals surface area (Å²) in [7, 11) is 0. The van der Waals surface area contributed by atoms with Gasteiger partial charge in [0.2, 0.25) is 82.7 Å². The maximum atomic E-state index is 14.0. The van der Waals surface area contributed by atoms with Gasteiger partial charge in [0, 0.05) is 13.0 Å². The second-order valence-corrected chi connectivity index (χ2v) is 25.5. The van der Waals surface area contributed by atoms with Crippen molar-refractivity contribution in [2.75, 3.05) is 56.8 Å². The van der Waals surface area contributed by atoms with Gasteiger partial charge in [0.15, 0.2) is 0 Å². The van der Waals surface area contributed by atoms with E-state index in [0.717, 1.165) is 11.8 Å².